The summed E-state index contributed by atoms with van der Waals surface area (Å²) in [6.07, 6.45) is 0. The number of carbonyl (C=O) groups is 3. The van der Waals surface area contributed by atoms with Gasteiger partial charge in [-0.25, -0.2) is 9.78 Å². The van der Waals surface area contributed by atoms with Crippen LogP contribution in [0.3, 0.4) is 0 Å². The van der Waals surface area contributed by atoms with E-state index in [1.807, 2.05) is 36.4 Å². The van der Waals surface area contributed by atoms with E-state index in [1.54, 1.807) is 63.2 Å². The van der Waals surface area contributed by atoms with Crippen LogP contribution in [0.4, 0.5) is 5.13 Å². The quantitative estimate of drug-likeness (QED) is 0.118. The summed E-state index contributed by atoms with van der Waals surface area (Å²) in [5.74, 6) is -1.93. The summed E-state index contributed by atoms with van der Waals surface area (Å²) < 4.78 is 11.0. The average Bonchev–Trinajstić information content (AvgIpc) is 3.49. The van der Waals surface area contributed by atoms with Crippen molar-refractivity contribution in [3.05, 3.63) is 117 Å². The highest BCUT2D eigenvalue weighted by molar-refractivity contribution is 7.17. The Hall–Kier alpha value is -4.76. The molecule has 208 valence electrons. The number of nitrogens with zero attached hydrogens (tertiary/aromatic N) is 2. The molecule has 0 bridgehead atoms. The molecular formula is C32H28N2O6S. The molecule has 4 aromatic rings. The number of carbonyl (C=O) groups excluding carboxylic acids is 3. The predicted octanol–water partition coefficient (Wildman–Crippen LogP) is 6.14. The molecule has 0 spiro atoms. The van der Waals surface area contributed by atoms with Crippen molar-refractivity contribution < 1.29 is 29.0 Å². The molecule has 1 atom stereocenters. The van der Waals surface area contributed by atoms with Gasteiger partial charge in [-0.15, -0.1) is 0 Å². The maximum absolute atomic E-state index is 13.5. The van der Waals surface area contributed by atoms with Gasteiger partial charge in [0.05, 0.1) is 23.9 Å². The summed E-state index contributed by atoms with van der Waals surface area (Å²) >= 11 is 0.974. The van der Waals surface area contributed by atoms with E-state index in [2.05, 4.69) is 4.98 Å². The molecular weight excluding hydrogens is 540 g/mol. The molecule has 8 nitrogen and oxygen atoms in total. The van der Waals surface area contributed by atoms with Crippen LogP contribution in [0.1, 0.15) is 50.6 Å². The average molecular weight is 569 g/mol. The Kier molecular flexibility index (Phi) is 7.98. The number of aliphatic hydroxyl groups excluding tert-OH is 1. The Morgan fingerprint density at radius 1 is 1.00 bits per heavy atom. The number of ketones is 1. The van der Waals surface area contributed by atoms with Crippen LogP contribution in [0.15, 0.2) is 84.4 Å². The van der Waals surface area contributed by atoms with Crippen LogP contribution in [0.2, 0.25) is 0 Å². The van der Waals surface area contributed by atoms with Gasteiger partial charge < -0.3 is 14.6 Å². The van der Waals surface area contributed by atoms with Crippen molar-refractivity contribution in [3.63, 3.8) is 0 Å². The minimum atomic E-state index is -0.954. The van der Waals surface area contributed by atoms with E-state index < -0.39 is 23.7 Å². The lowest BCUT2D eigenvalue weighted by Crippen LogP contribution is -2.29. The molecule has 1 aromatic heterocycles. The van der Waals surface area contributed by atoms with E-state index >= 15 is 0 Å². The molecule has 41 heavy (non-hydrogen) atoms. The lowest BCUT2D eigenvalue weighted by molar-refractivity contribution is -0.132. The summed E-state index contributed by atoms with van der Waals surface area (Å²) in [6.45, 7) is 5.72. The second-order valence-electron chi connectivity index (χ2n) is 9.46. The highest BCUT2D eigenvalue weighted by atomic mass is 32.1. The van der Waals surface area contributed by atoms with E-state index in [1.165, 1.54) is 4.90 Å². The molecule has 1 amide bonds. The Bertz CT molecular complexity index is 1650. The minimum Gasteiger partial charge on any atom is -0.507 e. The van der Waals surface area contributed by atoms with Crippen LogP contribution in [-0.2, 0) is 20.9 Å². The molecule has 0 radical (unpaired) electrons. The van der Waals surface area contributed by atoms with Crippen molar-refractivity contribution in [1.29, 1.82) is 0 Å². The number of aliphatic hydroxyl groups is 1. The molecule has 0 aliphatic carbocycles. The van der Waals surface area contributed by atoms with Crippen LogP contribution in [0.5, 0.6) is 5.75 Å². The molecule has 1 saturated heterocycles. The maximum atomic E-state index is 13.5. The fourth-order valence-corrected chi connectivity index (χ4v) is 5.72. The number of anilines is 1. The lowest BCUT2D eigenvalue weighted by atomic mass is 9.94. The second-order valence-corrected chi connectivity index (χ2v) is 10.4. The number of Topliss-reactive ketones (excluding diaryl/α,β-unsaturated/α-hetero) is 1. The van der Waals surface area contributed by atoms with Gasteiger partial charge in [0.1, 0.15) is 23.0 Å². The standard InChI is InChI=1S/C32H28N2O6S/c1-4-39-31(38)29-20(3)33-32(41-29)34-26(22-13-9-6-10-14-22)25(28(36)30(34)37)27(35)24-16-15-23(17-19(24)2)40-18-21-11-7-5-8-12-21/h5-17,26,35H,4,18H2,1-3H3/t26-/m1/s1. The number of thiazole rings is 1. The summed E-state index contributed by atoms with van der Waals surface area (Å²) in [4.78, 5) is 45.4. The number of aryl methyl sites for hydroxylation is 2. The third-order valence-corrected chi connectivity index (χ3v) is 7.85. The zero-order valence-corrected chi connectivity index (χ0v) is 23.6. The zero-order valence-electron chi connectivity index (χ0n) is 22.8. The van der Waals surface area contributed by atoms with E-state index in [0.29, 0.717) is 34.7 Å². The first-order valence-corrected chi connectivity index (χ1v) is 13.9. The number of aromatic nitrogens is 1. The summed E-state index contributed by atoms with van der Waals surface area (Å²) in [7, 11) is 0. The van der Waals surface area contributed by atoms with Gasteiger partial charge in [-0.1, -0.05) is 72.0 Å². The molecule has 0 unspecified atom stereocenters. The minimum absolute atomic E-state index is 0.0622. The lowest BCUT2D eigenvalue weighted by Gasteiger charge is -2.23. The van der Waals surface area contributed by atoms with E-state index in [-0.39, 0.29) is 27.9 Å². The number of hydrogen-bond acceptors (Lipinski definition) is 8. The van der Waals surface area contributed by atoms with Gasteiger partial charge in [-0.3, -0.25) is 14.5 Å². The van der Waals surface area contributed by atoms with Gasteiger partial charge in [-0.05, 0) is 55.7 Å². The molecule has 3 aromatic carbocycles. The summed E-state index contributed by atoms with van der Waals surface area (Å²) in [5.41, 5.74) is 3.02. The third kappa shape index (κ3) is 5.49. The second kappa shape index (κ2) is 11.8. The van der Waals surface area contributed by atoms with Gasteiger partial charge >= 0.3 is 11.9 Å². The molecule has 1 N–H and O–H groups in total. The number of esters is 1. The molecule has 1 aliphatic rings. The van der Waals surface area contributed by atoms with Crippen molar-refractivity contribution in [1.82, 2.24) is 4.98 Å². The molecule has 2 heterocycles. The van der Waals surface area contributed by atoms with Crippen LogP contribution in [0.25, 0.3) is 5.76 Å². The van der Waals surface area contributed by atoms with Crippen LogP contribution < -0.4 is 9.64 Å². The van der Waals surface area contributed by atoms with Gasteiger partial charge in [-0.2, -0.15) is 0 Å². The van der Waals surface area contributed by atoms with Gasteiger partial charge in [0.15, 0.2) is 5.13 Å². The monoisotopic (exact) mass is 568 g/mol. The molecule has 9 heteroatoms. The third-order valence-electron chi connectivity index (χ3n) is 6.71. The first-order valence-electron chi connectivity index (χ1n) is 13.1. The Labute approximate surface area is 241 Å². The molecule has 1 fully saturated rings. The van der Waals surface area contributed by atoms with Gasteiger partial charge in [0.2, 0.25) is 0 Å². The fraction of sp³-hybridized carbons (Fsp3) is 0.188. The SMILES string of the molecule is CCOC(=O)c1sc(N2C(=O)C(=O)C(=C(O)c3ccc(OCc4ccccc4)cc3C)[C@H]2c2ccccc2)nc1C. The summed E-state index contributed by atoms with van der Waals surface area (Å²) in [6, 6.07) is 22.9. The van der Waals surface area contributed by atoms with Crippen molar-refractivity contribution in [2.45, 2.75) is 33.4 Å². The fourth-order valence-electron chi connectivity index (χ4n) is 4.73. The highest BCUT2D eigenvalue weighted by Crippen LogP contribution is 2.44. The van der Waals surface area contributed by atoms with Crippen molar-refractivity contribution in [3.8, 4) is 5.75 Å². The summed E-state index contributed by atoms with van der Waals surface area (Å²) in [5, 5.41) is 11.7. The van der Waals surface area contributed by atoms with Crippen LogP contribution in [-0.4, -0.2) is 34.4 Å². The first-order chi connectivity index (χ1) is 19.8. The van der Waals surface area contributed by atoms with Gasteiger partial charge in [0, 0.05) is 5.56 Å². The molecule has 1 aliphatic heterocycles. The maximum Gasteiger partial charge on any atom is 0.350 e. The van der Waals surface area contributed by atoms with E-state index in [0.717, 1.165) is 16.9 Å². The number of rotatable bonds is 8. The van der Waals surface area contributed by atoms with E-state index in [4.69, 9.17) is 9.47 Å². The van der Waals surface area contributed by atoms with Crippen molar-refractivity contribution in [2.24, 2.45) is 0 Å². The Morgan fingerprint density at radius 3 is 2.34 bits per heavy atom. The van der Waals surface area contributed by atoms with Crippen LogP contribution >= 0.6 is 11.3 Å². The normalized spacial score (nSPS) is 16.2. The number of amides is 1. The number of benzene rings is 3. The van der Waals surface area contributed by atoms with Crippen molar-refractivity contribution >= 4 is 39.9 Å². The largest absolute Gasteiger partial charge is 0.507 e. The predicted molar refractivity (Wildman–Crippen MR) is 156 cm³/mol. The topological polar surface area (TPSA) is 106 Å². The van der Waals surface area contributed by atoms with Crippen molar-refractivity contribution in [2.75, 3.05) is 11.5 Å². The number of ether oxygens (including phenoxy) is 2. The van der Waals surface area contributed by atoms with Gasteiger partial charge in [0.25, 0.3) is 5.78 Å². The first kappa shape index (κ1) is 27.8. The molecule has 0 saturated carbocycles. The zero-order chi connectivity index (χ0) is 29.1. The number of hydrogen-bond donors (Lipinski definition) is 1. The highest BCUT2D eigenvalue weighted by Gasteiger charge is 2.48. The Morgan fingerprint density at radius 2 is 1.68 bits per heavy atom. The van der Waals surface area contributed by atoms with Crippen LogP contribution in [0, 0.1) is 13.8 Å². The molecule has 5 rings (SSSR count). The smallest absolute Gasteiger partial charge is 0.350 e. The van der Waals surface area contributed by atoms with E-state index in [9.17, 15) is 19.5 Å². The Balaban J connectivity index is 1.55.